The van der Waals surface area contributed by atoms with Crippen molar-refractivity contribution < 1.29 is 14.3 Å². The fourth-order valence-corrected chi connectivity index (χ4v) is 3.95. The number of hydrogen-bond donors (Lipinski definition) is 2. The SMILES string of the molecule is COC(=O)NC(C(=O)N1C[C@H]2CC[C@@H]1C2)C(C)C.c1ccc2[nH]cnc2c1. The molecule has 1 saturated heterocycles. The molecule has 1 aromatic heterocycles. The fourth-order valence-electron chi connectivity index (χ4n) is 3.95. The third-order valence-electron chi connectivity index (χ3n) is 5.41. The second-order valence-electron chi connectivity index (χ2n) is 7.60. The summed E-state index contributed by atoms with van der Waals surface area (Å²) in [6.07, 6.45) is 4.65. The Labute approximate surface area is 159 Å². The van der Waals surface area contributed by atoms with Crippen molar-refractivity contribution in [3.63, 3.8) is 0 Å². The Morgan fingerprint density at radius 3 is 2.67 bits per heavy atom. The van der Waals surface area contributed by atoms with Crippen LogP contribution in [-0.2, 0) is 9.53 Å². The molecule has 146 valence electrons. The zero-order valence-electron chi connectivity index (χ0n) is 16.1. The van der Waals surface area contributed by atoms with Crippen LogP contribution in [0.5, 0.6) is 0 Å². The lowest BCUT2D eigenvalue weighted by molar-refractivity contribution is -0.136. The number of nitrogens with one attached hydrogen (secondary N) is 2. The van der Waals surface area contributed by atoms with E-state index in [4.69, 9.17) is 0 Å². The molecule has 2 aliphatic rings. The maximum Gasteiger partial charge on any atom is 0.407 e. The normalized spacial score (nSPS) is 21.7. The summed E-state index contributed by atoms with van der Waals surface area (Å²) in [6.45, 7) is 4.73. The van der Waals surface area contributed by atoms with Gasteiger partial charge in [0.25, 0.3) is 0 Å². The maximum atomic E-state index is 12.5. The zero-order chi connectivity index (χ0) is 19.4. The number of H-pyrrole nitrogens is 1. The molecule has 2 aromatic rings. The number of para-hydroxylation sites is 2. The number of benzene rings is 1. The van der Waals surface area contributed by atoms with Crippen molar-refractivity contribution in [2.45, 2.75) is 45.2 Å². The molecule has 0 spiro atoms. The lowest BCUT2D eigenvalue weighted by Gasteiger charge is -2.32. The smallest absolute Gasteiger partial charge is 0.407 e. The minimum absolute atomic E-state index is 0.0441. The summed E-state index contributed by atoms with van der Waals surface area (Å²) in [5.74, 6) is 0.781. The van der Waals surface area contributed by atoms with Gasteiger partial charge in [-0.3, -0.25) is 4.79 Å². The monoisotopic (exact) mass is 372 g/mol. The molecule has 1 aliphatic heterocycles. The van der Waals surface area contributed by atoms with Crippen molar-refractivity contribution in [1.29, 1.82) is 0 Å². The van der Waals surface area contributed by atoms with Gasteiger partial charge in [-0.15, -0.1) is 0 Å². The number of nitrogens with zero attached hydrogens (tertiary/aromatic N) is 2. The van der Waals surface area contributed by atoms with Crippen molar-refractivity contribution >= 4 is 23.0 Å². The summed E-state index contributed by atoms with van der Waals surface area (Å²) in [4.78, 5) is 32.8. The van der Waals surface area contributed by atoms with Gasteiger partial charge in [0.05, 0.1) is 24.5 Å². The largest absolute Gasteiger partial charge is 0.453 e. The zero-order valence-corrected chi connectivity index (χ0v) is 16.1. The van der Waals surface area contributed by atoms with Gasteiger partial charge in [0.2, 0.25) is 5.91 Å². The summed E-state index contributed by atoms with van der Waals surface area (Å²) in [7, 11) is 1.31. The Bertz CT molecular complexity index is 758. The summed E-state index contributed by atoms with van der Waals surface area (Å²) in [6, 6.07) is 7.86. The van der Waals surface area contributed by atoms with E-state index >= 15 is 0 Å². The molecule has 1 aromatic carbocycles. The molecule has 2 fully saturated rings. The van der Waals surface area contributed by atoms with Crippen molar-refractivity contribution in [1.82, 2.24) is 20.2 Å². The van der Waals surface area contributed by atoms with E-state index in [2.05, 4.69) is 20.0 Å². The van der Waals surface area contributed by atoms with Gasteiger partial charge in [-0.05, 0) is 43.2 Å². The van der Waals surface area contributed by atoms with Gasteiger partial charge in [-0.25, -0.2) is 9.78 Å². The molecule has 2 bridgehead atoms. The molecular weight excluding hydrogens is 344 g/mol. The number of hydrogen-bond acceptors (Lipinski definition) is 4. The highest BCUT2D eigenvalue weighted by atomic mass is 16.5. The van der Waals surface area contributed by atoms with Crippen LogP contribution in [0.4, 0.5) is 4.79 Å². The number of aromatic amines is 1. The molecule has 7 nitrogen and oxygen atoms in total. The van der Waals surface area contributed by atoms with E-state index in [0.29, 0.717) is 12.0 Å². The number of piperidine rings is 1. The molecule has 2 amide bonds. The first-order chi connectivity index (χ1) is 13.0. The minimum atomic E-state index is -0.536. The predicted octanol–water partition coefficient (Wildman–Crippen LogP) is 2.94. The Hall–Kier alpha value is -2.57. The van der Waals surface area contributed by atoms with Crippen LogP contribution >= 0.6 is 0 Å². The minimum Gasteiger partial charge on any atom is -0.453 e. The first-order valence-corrected chi connectivity index (χ1v) is 9.52. The predicted molar refractivity (Wildman–Crippen MR) is 103 cm³/mol. The van der Waals surface area contributed by atoms with Crippen LogP contribution in [0.3, 0.4) is 0 Å². The van der Waals surface area contributed by atoms with E-state index in [1.54, 1.807) is 6.33 Å². The van der Waals surface area contributed by atoms with Crippen LogP contribution in [0.25, 0.3) is 11.0 Å². The highest BCUT2D eigenvalue weighted by Crippen LogP contribution is 2.37. The van der Waals surface area contributed by atoms with Gasteiger partial charge in [0.15, 0.2) is 0 Å². The van der Waals surface area contributed by atoms with Gasteiger partial charge < -0.3 is 19.9 Å². The van der Waals surface area contributed by atoms with E-state index in [1.165, 1.54) is 13.5 Å². The quantitative estimate of drug-likeness (QED) is 0.867. The van der Waals surface area contributed by atoms with Crippen LogP contribution in [0.2, 0.25) is 0 Å². The number of likely N-dealkylation sites (tertiary alicyclic amines) is 1. The highest BCUT2D eigenvalue weighted by molar-refractivity contribution is 5.86. The van der Waals surface area contributed by atoms with E-state index in [1.807, 2.05) is 43.0 Å². The van der Waals surface area contributed by atoms with E-state index in [-0.39, 0.29) is 11.8 Å². The van der Waals surface area contributed by atoms with Crippen LogP contribution < -0.4 is 5.32 Å². The molecule has 7 heteroatoms. The lowest BCUT2D eigenvalue weighted by atomic mass is 10.0. The highest BCUT2D eigenvalue weighted by Gasteiger charge is 2.42. The number of methoxy groups -OCH3 is 1. The van der Waals surface area contributed by atoms with Gasteiger partial charge in [-0.2, -0.15) is 0 Å². The molecule has 2 N–H and O–H groups in total. The third-order valence-corrected chi connectivity index (χ3v) is 5.41. The molecule has 3 atom stereocenters. The fraction of sp³-hybridized carbons (Fsp3) is 0.550. The summed E-state index contributed by atoms with van der Waals surface area (Å²) < 4.78 is 4.58. The standard InChI is InChI=1S/C13H22N2O3.C7H6N2/c1-8(2)11(14-13(17)18-3)12(16)15-7-9-4-5-10(15)6-9;1-2-4-7-6(3-1)8-5-9-7/h8-11H,4-7H2,1-3H3,(H,14,17);1-5H,(H,8,9)/t9-,10+,11?;/m0./s1. The van der Waals surface area contributed by atoms with Crippen LogP contribution in [0.1, 0.15) is 33.1 Å². The Kier molecular flexibility index (Phi) is 5.98. The Balaban J connectivity index is 0.000000193. The Morgan fingerprint density at radius 2 is 2.07 bits per heavy atom. The van der Waals surface area contributed by atoms with E-state index in [9.17, 15) is 9.59 Å². The van der Waals surface area contributed by atoms with Crippen LogP contribution in [0, 0.1) is 11.8 Å². The van der Waals surface area contributed by atoms with Crippen molar-refractivity contribution in [3.8, 4) is 0 Å². The molecule has 1 unspecified atom stereocenters. The number of fused-ring (bicyclic) bond motifs is 3. The van der Waals surface area contributed by atoms with Crippen LogP contribution in [-0.4, -0.2) is 52.6 Å². The van der Waals surface area contributed by atoms with Crippen molar-refractivity contribution in [3.05, 3.63) is 30.6 Å². The molecule has 4 rings (SSSR count). The number of aromatic nitrogens is 2. The summed E-state index contributed by atoms with van der Waals surface area (Å²) in [5, 5.41) is 2.65. The number of carbonyl (C=O) groups excluding carboxylic acids is 2. The molecule has 27 heavy (non-hydrogen) atoms. The summed E-state index contributed by atoms with van der Waals surface area (Å²) in [5.41, 5.74) is 2.12. The molecule has 1 saturated carbocycles. The molecule has 1 aliphatic carbocycles. The number of ether oxygens (including phenoxy) is 1. The Morgan fingerprint density at radius 1 is 1.30 bits per heavy atom. The van der Waals surface area contributed by atoms with E-state index in [0.717, 1.165) is 30.4 Å². The van der Waals surface area contributed by atoms with Gasteiger partial charge in [0, 0.05) is 12.6 Å². The molecule has 0 radical (unpaired) electrons. The number of alkyl carbamates (subject to hydrolysis) is 1. The van der Waals surface area contributed by atoms with Gasteiger partial charge in [0.1, 0.15) is 6.04 Å². The number of carbonyl (C=O) groups is 2. The van der Waals surface area contributed by atoms with Crippen LogP contribution in [0.15, 0.2) is 30.6 Å². The van der Waals surface area contributed by atoms with Crippen molar-refractivity contribution in [2.75, 3.05) is 13.7 Å². The summed E-state index contributed by atoms with van der Waals surface area (Å²) >= 11 is 0. The number of rotatable bonds is 3. The maximum absolute atomic E-state index is 12.5. The second kappa shape index (κ2) is 8.41. The number of amides is 2. The number of imidazole rings is 1. The molecule has 2 heterocycles. The van der Waals surface area contributed by atoms with Gasteiger partial charge in [-0.1, -0.05) is 26.0 Å². The second-order valence-corrected chi connectivity index (χ2v) is 7.60. The average molecular weight is 372 g/mol. The first-order valence-electron chi connectivity index (χ1n) is 9.52. The average Bonchev–Trinajstić information content (AvgIpc) is 3.41. The third kappa shape index (κ3) is 4.40. The first kappa shape index (κ1) is 19.2. The topological polar surface area (TPSA) is 87.3 Å². The van der Waals surface area contributed by atoms with Crippen molar-refractivity contribution in [2.24, 2.45) is 11.8 Å². The lowest BCUT2D eigenvalue weighted by Crippen LogP contribution is -2.53. The van der Waals surface area contributed by atoms with Gasteiger partial charge >= 0.3 is 6.09 Å². The van der Waals surface area contributed by atoms with E-state index < -0.39 is 12.1 Å². The molecular formula is C20H28N4O3.